The third-order valence-electron chi connectivity index (χ3n) is 6.30. The van der Waals surface area contributed by atoms with Gasteiger partial charge in [0.2, 0.25) is 0 Å². The minimum atomic E-state index is -4.53. The molecule has 4 aromatic rings. The van der Waals surface area contributed by atoms with Crippen LogP contribution in [0, 0.1) is 0 Å². The molecular formula is C23H19F3N4O4. The topological polar surface area (TPSA) is 91.2 Å². The van der Waals surface area contributed by atoms with Crippen molar-refractivity contribution in [3.05, 3.63) is 90.7 Å². The van der Waals surface area contributed by atoms with Gasteiger partial charge in [0.15, 0.2) is 5.58 Å². The third-order valence-corrected chi connectivity index (χ3v) is 6.30. The summed E-state index contributed by atoms with van der Waals surface area (Å²) in [6, 6.07) is 7.67. The monoisotopic (exact) mass is 472 g/mol. The molecule has 0 saturated heterocycles. The minimum absolute atomic E-state index is 0.0898. The van der Waals surface area contributed by atoms with Gasteiger partial charge in [0.1, 0.15) is 5.69 Å². The van der Waals surface area contributed by atoms with E-state index in [1.165, 1.54) is 40.6 Å². The number of benzene rings is 2. The standard InChI is InChI=1S/C23H19F3N4O4/c1-27-16-11-29(12-6-8-18-19(10-12)34-22(33)28(18)2)21(32)30(20(16)31)17-9-7-13-14(17)4-3-5-15(13)23(24,25)26/h3-6,8,10-11,17,27H,7,9H2,1-2H3. The number of aromatic nitrogens is 3. The van der Waals surface area contributed by atoms with Gasteiger partial charge in [-0.25, -0.2) is 9.59 Å². The van der Waals surface area contributed by atoms with Crippen LogP contribution in [0.15, 0.2) is 61.4 Å². The van der Waals surface area contributed by atoms with Crippen LogP contribution in [-0.4, -0.2) is 20.7 Å². The highest BCUT2D eigenvalue weighted by atomic mass is 19.4. The highest BCUT2D eigenvalue weighted by molar-refractivity contribution is 5.75. The summed E-state index contributed by atoms with van der Waals surface area (Å²) < 4.78 is 49.3. The molecule has 34 heavy (non-hydrogen) atoms. The van der Waals surface area contributed by atoms with Crippen molar-refractivity contribution in [3.63, 3.8) is 0 Å². The molecule has 0 aliphatic heterocycles. The second-order valence-electron chi connectivity index (χ2n) is 8.13. The zero-order valence-corrected chi connectivity index (χ0v) is 18.1. The molecular weight excluding hydrogens is 453 g/mol. The molecule has 0 amide bonds. The fourth-order valence-electron chi connectivity index (χ4n) is 4.64. The minimum Gasteiger partial charge on any atom is -0.408 e. The highest BCUT2D eigenvalue weighted by Gasteiger charge is 2.38. The number of nitrogens with one attached hydrogen (secondary N) is 1. The van der Waals surface area contributed by atoms with Crippen molar-refractivity contribution in [1.29, 1.82) is 0 Å². The number of rotatable bonds is 3. The number of hydrogen-bond donors (Lipinski definition) is 1. The van der Waals surface area contributed by atoms with E-state index in [2.05, 4.69) is 5.32 Å². The van der Waals surface area contributed by atoms with Gasteiger partial charge in [0, 0.05) is 26.4 Å². The molecule has 2 aromatic heterocycles. The molecule has 1 atom stereocenters. The molecule has 0 fully saturated rings. The van der Waals surface area contributed by atoms with Crippen molar-refractivity contribution in [2.45, 2.75) is 25.1 Å². The summed E-state index contributed by atoms with van der Waals surface area (Å²) >= 11 is 0. The normalized spacial score (nSPS) is 15.6. The first-order valence-electron chi connectivity index (χ1n) is 10.5. The van der Waals surface area contributed by atoms with Crippen LogP contribution in [0.5, 0.6) is 0 Å². The maximum atomic E-state index is 13.5. The van der Waals surface area contributed by atoms with Crippen molar-refractivity contribution in [2.75, 3.05) is 12.4 Å². The number of fused-ring (bicyclic) bond motifs is 2. The molecule has 5 rings (SSSR count). The Morgan fingerprint density at radius 1 is 1.12 bits per heavy atom. The van der Waals surface area contributed by atoms with E-state index in [4.69, 9.17) is 4.42 Å². The first kappa shape index (κ1) is 21.8. The average Bonchev–Trinajstić information content (AvgIpc) is 3.34. The molecule has 2 heterocycles. The Morgan fingerprint density at radius 2 is 1.88 bits per heavy atom. The van der Waals surface area contributed by atoms with Crippen LogP contribution in [0.3, 0.4) is 0 Å². The lowest BCUT2D eigenvalue weighted by molar-refractivity contribution is -0.138. The SMILES string of the molecule is CNc1cn(-c2ccc3c(c2)oc(=O)n3C)c(=O)n(C2CCc3c2cccc3C(F)(F)F)c1=O. The van der Waals surface area contributed by atoms with Crippen molar-refractivity contribution < 1.29 is 17.6 Å². The van der Waals surface area contributed by atoms with E-state index in [-0.39, 0.29) is 29.7 Å². The third kappa shape index (κ3) is 3.18. The van der Waals surface area contributed by atoms with E-state index in [0.29, 0.717) is 16.8 Å². The van der Waals surface area contributed by atoms with E-state index in [1.54, 1.807) is 19.2 Å². The lowest BCUT2D eigenvalue weighted by Gasteiger charge is -2.19. The molecule has 1 unspecified atom stereocenters. The molecule has 11 heteroatoms. The Bertz CT molecular complexity index is 1620. The summed E-state index contributed by atoms with van der Waals surface area (Å²) in [6.07, 6.45) is -2.94. The molecule has 1 aliphatic rings. The van der Waals surface area contributed by atoms with Gasteiger partial charge in [0.25, 0.3) is 5.56 Å². The molecule has 2 aromatic carbocycles. The van der Waals surface area contributed by atoms with Crippen LogP contribution in [0.1, 0.15) is 29.2 Å². The van der Waals surface area contributed by atoms with Gasteiger partial charge < -0.3 is 9.73 Å². The average molecular weight is 472 g/mol. The van der Waals surface area contributed by atoms with Gasteiger partial charge in [0.05, 0.1) is 22.8 Å². The Labute approximate surface area is 189 Å². The van der Waals surface area contributed by atoms with Crippen LogP contribution in [-0.2, 0) is 19.6 Å². The molecule has 0 radical (unpaired) electrons. The van der Waals surface area contributed by atoms with Crippen LogP contribution < -0.4 is 22.3 Å². The summed E-state index contributed by atoms with van der Waals surface area (Å²) in [6.45, 7) is 0. The van der Waals surface area contributed by atoms with Gasteiger partial charge >= 0.3 is 17.6 Å². The Hall–Kier alpha value is -4.02. The second kappa shape index (κ2) is 7.51. The molecule has 0 spiro atoms. The molecule has 1 aliphatic carbocycles. The van der Waals surface area contributed by atoms with Crippen molar-refractivity contribution in [3.8, 4) is 5.69 Å². The van der Waals surface area contributed by atoms with Gasteiger partial charge in [-0.1, -0.05) is 12.1 Å². The summed E-state index contributed by atoms with van der Waals surface area (Å²) in [5.41, 5.74) is -0.499. The van der Waals surface area contributed by atoms with Crippen molar-refractivity contribution >= 4 is 16.8 Å². The van der Waals surface area contributed by atoms with E-state index in [1.807, 2.05) is 0 Å². The van der Waals surface area contributed by atoms with Crippen LogP contribution in [0.25, 0.3) is 16.8 Å². The van der Waals surface area contributed by atoms with Crippen LogP contribution in [0.2, 0.25) is 0 Å². The first-order chi connectivity index (χ1) is 16.1. The van der Waals surface area contributed by atoms with Gasteiger partial charge in [-0.15, -0.1) is 0 Å². The van der Waals surface area contributed by atoms with Crippen molar-refractivity contribution in [1.82, 2.24) is 13.7 Å². The number of halogens is 3. The van der Waals surface area contributed by atoms with Crippen LogP contribution >= 0.6 is 0 Å². The largest absolute Gasteiger partial charge is 0.419 e. The fourth-order valence-corrected chi connectivity index (χ4v) is 4.64. The lowest BCUT2D eigenvalue weighted by Crippen LogP contribution is -2.42. The Morgan fingerprint density at radius 3 is 2.59 bits per heavy atom. The zero-order valence-electron chi connectivity index (χ0n) is 18.1. The highest BCUT2D eigenvalue weighted by Crippen LogP contribution is 2.41. The Balaban J connectivity index is 1.73. The number of hydrogen-bond acceptors (Lipinski definition) is 5. The van der Waals surface area contributed by atoms with Crippen molar-refractivity contribution in [2.24, 2.45) is 7.05 Å². The summed E-state index contributed by atoms with van der Waals surface area (Å²) in [7, 11) is 3.06. The number of alkyl halides is 3. The van der Waals surface area contributed by atoms with E-state index in [0.717, 1.165) is 10.6 Å². The molecule has 176 valence electrons. The van der Waals surface area contributed by atoms with Gasteiger partial charge in [-0.2, -0.15) is 13.2 Å². The van der Waals surface area contributed by atoms with E-state index >= 15 is 0 Å². The summed E-state index contributed by atoms with van der Waals surface area (Å²) in [5, 5.41) is 2.76. The predicted molar refractivity (Wildman–Crippen MR) is 119 cm³/mol. The van der Waals surface area contributed by atoms with Crippen LogP contribution in [0.4, 0.5) is 18.9 Å². The lowest BCUT2D eigenvalue weighted by atomic mass is 10.0. The molecule has 8 nitrogen and oxygen atoms in total. The first-order valence-corrected chi connectivity index (χ1v) is 10.5. The predicted octanol–water partition coefficient (Wildman–Crippen LogP) is 3.04. The molecule has 1 N–H and O–H groups in total. The van der Waals surface area contributed by atoms with E-state index in [9.17, 15) is 27.6 Å². The number of anilines is 1. The molecule has 0 saturated carbocycles. The maximum absolute atomic E-state index is 13.5. The van der Waals surface area contributed by atoms with E-state index < -0.39 is 34.8 Å². The van der Waals surface area contributed by atoms with Gasteiger partial charge in [-0.3, -0.25) is 18.5 Å². The quantitative estimate of drug-likeness (QED) is 0.495. The fraction of sp³-hybridized carbons (Fsp3) is 0.261. The number of aryl methyl sites for hydroxylation is 1. The summed E-state index contributed by atoms with van der Waals surface area (Å²) in [4.78, 5) is 38.5. The Kier molecular flexibility index (Phi) is 4.81. The molecule has 0 bridgehead atoms. The number of oxazole rings is 1. The smallest absolute Gasteiger partial charge is 0.408 e. The van der Waals surface area contributed by atoms with Gasteiger partial charge in [-0.05, 0) is 42.2 Å². The zero-order chi connectivity index (χ0) is 24.4. The second-order valence-corrected chi connectivity index (χ2v) is 8.13. The maximum Gasteiger partial charge on any atom is 0.419 e. The number of nitrogens with zero attached hydrogens (tertiary/aromatic N) is 3. The summed E-state index contributed by atoms with van der Waals surface area (Å²) in [5.74, 6) is -0.566.